The van der Waals surface area contributed by atoms with Crippen molar-refractivity contribution in [1.82, 2.24) is 9.21 Å². The largest absolute Gasteiger partial charge is 0.389 e. The van der Waals surface area contributed by atoms with E-state index >= 15 is 0 Å². The van der Waals surface area contributed by atoms with Crippen LogP contribution < -0.4 is 0 Å². The monoisotopic (exact) mass is 312 g/mol. The SMILES string of the molecule is Cc1ccc(S(=O)(=O)N2CCN(CC(C)(C)O)CC2)cc1. The van der Waals surface area contributed by atoms with Gasteiger partial charge in [-0.2, -0.15) is 4.31 Å². The Morgan fingerprint density at radius 1 is 1.10 bits per heavy atom. The minimum absolute atomic E-state index is 0.351. The van der Waals surface area contributed by atoms with Gasteiger partial charge in [0.15, 0.2) is 0 Å². The van der Waals surface area contributed by atoms with Crippen LogP contribution in [0.5, 0.6) is 0 Å². The van der Waals surface area contributed by atoms with E-state index in [-0.39, 0.29) is 0 Å². The summed E-state index contributed by atoms with van der Waals surface area (Å²) in [5.41, 5.74) is 0.293. The molecule has 0 bridgehead atoms. The van der Waals surface area contributed by atoms with E-state index in [1.807, 2.05) is 19.1 Å². The zero-order valence-electron chi connectivity index (χ0n) is 12.9. The van der Waals surface area contributed by atoms with Crippen LogP contribution in [0.4, 0.5) is 0 Å². The first kappa shape index (κ1) is 16.4. The second kappa shape index (κ2) is 6.04. The van der Waals surface area contributed by atoms with Gasteiger partial charge in [-0.25, -0.2) is 8.42 Å². The zero-order valence-corrected chi connectivity index (χ0v) is 13.7. The molecule has 5 nitrogen and oxygen atoms in total. The lowest BCUT2D eigenvalue weighted by Gasteiger charge is -2.36. The van der Waals surface area contributed by atoms with Gasteiger partial charge in [-0.3, -0.25) is 4.90 Å². The topological polar surface area (TPSA) is 60.9 Å². The third-order valence-corrected chi connectivity index (χ3v) is 5.51. The molecule has 1 N–H and O–H groups in total. The summed E-state index contributed by atoms with van der Waals surface area (Å²) in [7, 11) is -3.40. The molecular formula is C15H24N2O3S. The van der Waals surface area contributed by atoms with Crippen LogP contribution in [-0.4, -0.2) is 61.1 Å². The second-order valence-electron chi connectivity index (χ2n) is 6.31. The minimum Gasteiger partial charge on any atom is -0.389 e. The molecule has 118 valence electrons. The van der Waals surface area contributed by atoms with Crippen molar-refractivity contribution in [3.63, 3.8) is 0 Å². The van der Waals surface area contributed by atoms with Crippen LogP contribution in [0.2, 0.25) is 0 Å². The number of hydrogen-bond donors (Lipinski definition) is 1. The molecule has 1 aromatic rings. The first-order valence-corrected chi connectivity index (χ1v) is 8.64. The van der Waals surface area contributed by atoms with Gasteiger partial charge in [0.05, 0.1) is 10.5 Å². The quantitative estimate of drug-likeness (QED) is 0.903. The van der Waals surface area contributed by atoms with E-state index in [9.17, 15) is 13.5 Å². The summed E-state index contributed by atoms with van der Waals surface area (Å²) in [5.74, 6) is 0. The first-order valence-electron chi connectivity index (χ1n) is 7.20. The molecule has 1 saturated heterocycles. The van der Waals surface area contributed by atoms with E-state index in [1.54, 1.807) is 26.0 Å². The summed E-state index contributed by atoms with van der Waals surface area (Å²) in [5, 5.41) is 9.83. The van der Waals surface area contributed by atoms with Crippen molar-refractivity contribution >= 4 is 10.0 Å². The van der Waals surface area contributed by atoms with E-state index < -0.39 is 15.6 Å². The van der Waals surface area contributed by atoms with Crippen LogP contribution in [-0.2, 0) is 10.0 Å². The molecule has 0 aliphatic carbocycles. The van der Waals surface area contributed by atoms with Gasteiger partial charge in [0.25, 0.3) is 0 Å². The average molecular weight is 312 g/mol. The van der Waals surface area contributed by atoms with Crippen LogP contribution in [0.15, 0.2) is 29.2 Å². The standard InChI is InChI=1S/C15H24N2O3S/c1-13-4-6-14(7-5-13)21(19,20)17-10-8-16(9-11-17)12-15(2,3)18/h4-7,18H,8-12H2,1-3H3. The lowest BCUT2D eigenvalue weighted by atomic mass is 10.1. The highest BCUT2D eigenvalue weighted by Crippen LogP contribution is 2.18. The molecular weight excluding hydrogens is 288 g/mol. The van der Waals surface area contributed by atoms with Crippen LogP contribution in [0, 0.1) is 6.92 Å². The van der Waals surface area contributed by atoms with E-state index in [4.69, 9.17) is 0 Å². The van der Waals surface area contributed by atoms with Crippen molar-refractivity contribution in [1.29, 1.82) is 0 Å². The van der Waals surface area contributed by atoms with Crippen LogP contribution in [0.25, 0.3) is 0 Å². The van der Waals surface area contributed by atoms with E-state index in [1.165, 1.54) is 4.31 Å². The molecule has 6 heteroatoms. The number of nitrogens with zero attached hydrogens (tertiary/aromatic N) is 2. The summed E-state index contributed by atoms with van der Waals surface area (Å²) in [6, 6.07) is 6.95. The Balaban J connectivity index is 2.03. The highest BCUT2D eigenvalue weighted by Gasteiger charge is 2.29. The number of piperazine rings is 1. The number of aryl methyl sites for hydroxylation is 1. The molecule has 0 aromatic heterocycles. The fourth-order valence-corrected chi connectivity index (χ4v) is 3.96. The van der Waals surface area contributed by atoms with Crippen LogP contribution in [0.1, 0.15) is 19.4 Å². The number of hydrogen-bond acceptors (Lipinski definition) is 4. The van der Waals surface area contributed by atoms with E-state index in [2.05, 4.69) is 4.90 Å². The molecule has 0 unspecified atom stereocenters. The lowest BCUT2D eigenvalue weighted by Crippen LogP contribution is -2.51. The number of benzene rings is 1. The van der Waals surface area contributed by atoms with Gasteiger partial charge in [-0.15, -0.1) is 0 Å². The Morgan fingerprint density at radius 2 is 1.62 bits per heavy atom. The average Bonchev–Trinajstić information content (AvgIpc) is 2.38. The smallest absolute Gasteiger partial charge is 0.243 e. The van der Waals surface area contributed by atoms with Crippen molar-refractivity contribution < 1.29 is 13.5 Å². The number of rotatable bonds is 4. The maximum Gasteiger partial charge on any atom is 0.243 e. The maximum atomic E-state index is 12.5. The number of aliphatic hydroxyl groups is 1. The van der Waals surface area contributed by atoms with Crippen molar-refractivity contribution in [2.75, 3.05) is 32.7 Å². The summed E-state index contributed by atoms with van der Waals surface area (Å²) in [6.07, 6.45) is 0. The molecule has 0 amide bonds. The Hall–Kier alpha value is -0.950. The van der Waals surface area contributed by atoms with Crippen molar-refractivity contribution in [3.05, 3.63) is 29.8 Å². The molecule has 1 aromatic carbocycles. The van der Waals surface area contributed by atoms with Gasteiger partial charge < -0.3 is 5.11 Å². The lowest BCUT2D eigenvalue weighted by molar-refractivity contribution is 0.0263. The molecule has 0 spiro atoms. The molecule has 21 heavy (non-hydrogen) atoms. The third kappa shape index (κ3) is 4.26. The molecule has 0 atom stereocenters. The minimum atomic E-state index is -3.40. The Labute approximate surface area is 127 Å². The number of sulfonamides is 1. The van der Waals surface area contributed by atoms with Crippen LogP contribution in [0.3, 0.4) is 0 Å². The molecule has 1 aliphatic rings. The van der Waals surface area contributed by atoms with Gasteiger partial charge in [0, 0.05) is 32.7 Å². The molecule has 2 rings (SSSR count). The summed E-state index contributed by atoms with van der Waals surface area (Å²) < 4.78 is 26.6. The highest BCUT2D eigenvalue weighted by molar-refractivity contribution is 7.89. The molecule has 0 saturated carbocycles. The Kier molecular flexibility index (Phi) is 4.72. The highest BCUT2D eigenvalue weighted by atomic mass is 32.2. The molecule has 1 fully saturated rings. The molecule has 1 aliphatic heterocycles. The maximum absolute atomic E-state index is 12.5. The van der Waals surface area contributed by atoms with Gasteiger partial charge in [0.1, 0.15) is 0 Å². The third-order valence-electron chi connectivity index (χ3n) is 3.60. The summed E-state index contributed by atoms with van der Waals surface area (Å²) in [4.78, 5) is 2.45. The Bertz CT molecular complexity index is 568. The Morgan fingerprint density at radius 3 is 2.10 bits per heavy atom. The predicted octanol–water partition coefficient (Wildman–Crippen LogP) is 1.07. The summed E-state index contributed by atoms with van der Waals surface area (Å²) >= 11 is 0. The molecule has 1 heterocycles. The predicted molar refractivity (Wildman–Crippen MR) is 82.7 cm³/mol. The fraction of sp³-hybridized carbons (Fsp3) is 0.600. The van der Waals surface area contributed by atoms with Gasteiger partial charge in [-0.05, 0) is 32.9 Å². The number of β-amino-alcohol motifs (C(OH)–C–C–N with tert-alkyl or cyclic N) is 1. The first-order chi connectivity index (χ1) is 9.68. The summed E-state index contributed by atoms with van der Waals surface area (Å²) in [6.45, 7) is 8.25. The van der Waals surface area contributed by atoms with Crippen LogP contribution >= 0.6 is 0 Å². The molecule has 0 radical (unpaired) electrons. The van der Waals surface area contributed by atoms with Crippen molar-refractivity contribution in [3.8, 4) is 0 Å². The van der Waals surface area contributed by atoms with Crippen molar-refractivity contribution in [2.24, 2.45) is 0 Å². The fourth-order valence-electron chi connectivity index (χ4n) is 2.53. The normalized spacial score (nSPS) is 18.9. The van der Waals surface area contributed by atoms with Gasteiger partial charge in [0.2, 0.25) is 10.0 Å². The van der Waals surface area contributed by atoms with E-state index in [0.717, 1.165) is 5.56 Å². The second-order valence-corrected chi connectivity index (χ2v) is 8.24. The van der Waals surface area contributed by atoms with E-state index in [0.29, 0.717) is 37.6 Å². The van der Waals surface area contributed by atoms with Crippen molar-refractivity contribution in [2.45, 2.75) is 31.3 Å². The zero-order chi connectivity index (χ0) is 15.7. The van der Waals surface area contributed by atoms with Gasteiger partial charge in [-0.1, -0.05) is 17.7 Å². The van der Waals surface area contributed by atoms with Gasteiger partial charge >= 0.3 is 0 Å².